The van der Waals surface area contributed by atoms with Crippen molar-refractivity contribution in [2.75, 3.05) is 32.8 Å². The van der Waals surface area contributed by atoms with E-state index in [0.29, 0.717) is 50.8 Å². The summed E-state index contributed by atoms with van der Waals surface area (Å²) in [6.07, 6.45) is 1.78. The van der Waals surface area contributed by atoms with E-state index in [0.717, 1.165) is 0 Å². The lowest BCUT2D eigenvalue weighted by Crippen LogP contribution is -2.48. The van der Waals surface area contributed by atoms with Crippen molar-refractivity contribution < 1.29 is 14.3 Å². The van der Waals surface area contributed by atoms with Crippen molar-refractivity contribution in [1.82, 2.24) is 24.6 Å². The van der Waals surface area contributed by atoms with Crippen molar-refractivity contribution >= 4 is 11.8 Å². The van der Waals surface area contributed by atoms with Crippen LogP contribution in [-0.2, 0) is 11.3 Å². The van der Waals surface area contributed by atoms with Crippen LogP contribution in [0.15, 0.2) is 29.2 Å². The second kappa shape index (κ2) is 7.82. The van der Waals surface area contributed by atoms with Gasteiger partial charge in [-0.05, 0) is 32.0 Å². The zero-order valence-corrected chi connectivity index (χ0v) is 16.6. The van der Waals surface area contributed by atoms with Crippen molar-refractivity contribution in [3.05, 3.63) is 51.7 Å². The molecule has 2 atom stereocenters. The first kappa shape index (κ1) is 19.4. The second-order valence-corrected chi connectivity index (χ2v) is 7.67. The molecule has 0 radical (unpaired) electrons. The SMILES string of the molecule is CCn1ccc(C(=O)N2C[C@H]3COC[C@@H]2CN(C(=O)c2ccc(C)[nH]c2=O)C3)n1. The summed E-state index contributed by atoms with van der Waals surface area (Å²) in [6.45, 7) is 6.50. The third kappa shape index (κ3) is 3.82. The Balaban J connectivity index is 1.58. The summed E-state index contributed by atoms with van der Waals surface area (Å²) in [6, 6.07) is 4.72. The van der Waals surface area contributed by atoms with E-state index in [9.17, 15) is 14.4 Å². The third-order valence-electron chi connectivity index (χ3n) is 5.49. The molecule has 0 unspecified atom stereocenters. The second-order valence-electron chi connectivity index (χ2n) is 7.67. The Morgan fingerprint density at radius 1 is 1.17 bits per heavy atom. The normalized spacial score (nSPS) is 21.7. The van der Waals surface area contributed by atoms with E-state index in [2.05, 4.69) is 10.1 Å². The number of aromatic nitrogens is 3. The highest BCUT2D eigenvalue weighted by atomic mass is 16.5. The smallest absolute Gasteiger partial charge is 0.274 e. The van der Waals surface area contributed by atoms with Crippen LogP contribution in [0.25, 0.3) is 0 Å². The molecule has 0 spiro atoms. The maximum Gasteiger partial charge on any atom is 0.274 e. The van der Waals surface area contributed by atoms with Crippen LogP contribution in [0.5, 0.6) is 0 Å². The highest BCUT2D eigenvalue weighted by Gasteiger charge is 2.38. The summed E-state index contributed by atoms with van der Waals surface area (Å²) < 4.78 is 7.47. The molecule has 9 nitrogen and oxygen atoms in total. The molecule has 4 rings (SSSR count). The molecule has 2 fully saturated rings. The number of carbonyl (C=O) groups excluding carboxylic acids is 2. The van der Waals surface area contributed by atoms with Crippen LogP contribution in [0.2, 0.25) is 0 Å². The Morgan fingerprint density at radius 2 is 2.00 bits per heavy atom. The predicted molar refractivity (Wildman–Crippen MR) is 105 cm³/mol. The van der Waals surface area contributed by atoms with E-state index in [-0.39, 0.29) is 29.3 Å². The zero-order chi connectivity index (χ0) is 20.5. The van der Waals surface area contributed by atoms with E-state index >= 15 is 0 Å². The first-order chi connectivity index (χ1) is 14.0. The number of aromatic amines is 1. The number of rotatable bonds is 3. The van der Waals surface area contributed by atoms with Gasteiger partial charge in [-0.15, -0.1) is 0 Å². The molecule has 2 saturated heterocycles. The number of H-pyrrole nitrogens is 1. The number of hydrogen-bond acceptors (Lipinski definition) is 5. The Morgan fingerprint density at radius 3 is 2.72 bits per heavy atom. The van der Waals surface area contributed by atoms with Gasteiger partial charge in [0.1, 0.15) is 11.3 Å². The maximum absolute atomic E-state index is 13.1. The summed E-state index contributed by atoms with van der Waals surface area (Å²) in [7, 11) is 0. The predicted octanol–water partition coefficient (Wildman–Crippen LogP) is 0.513. The van der Waals surface area contributed by atoms with Crippen molar-refractivity contribution in [2.45, 2.75) is 26.4 Å². The summed E-state index contributed by atoms with van der Waals surface area (Å²) >= 11 is 0. The van der Waals surface area contributed by atoms with E-state index in [1.54, 1.807) is 45.8 Å². The topological polar surface area (TPSA) is 101 Å². The van der Waals surface area contributed by atoms with Crippen LogP contribution in [0.3, 0.4) is 0 Å². The molecule has 1 N–H and O–H groups in total. The van der Waals surface area contributed by atoms with E-state index < -0.39 is 5.56 Å². The highest BCUT2D eigenvalue weighted by Crippen LogP contribution is 2.22. The molecule has 2 amide bonds. The Labute approximate surface area is 168 Å². The third-order valence-corrected chi connectivity index (χ3v) is 5.49. The molecule has 2 aromatic rings. The van der Waals surface area contributed by atoms with E-state index in [4.69, 9.17) is 4.74 Å². The largest absolute Gasteiger partial charge is 0.379 e. The van der Waals surface area contributed by atoms with Crippen molar-refractivity contribution in [1.29, 1.82) is 0 Å². The van der Waals surface area contributed by atoms with Crippen LogP contribution in [0.4, 0.5) is 0 Å². The van der Waals surface area contributed by atoms with Gasteiger partial charge in [0.2, 0.25) is 0 Å². The Kier molecular flexibility index (Phi) is 5.23. The zero-order valence-electron chi connectivity index (χ0n) is 16.6. The standard InChI is InChI=1S/C20H25N5O4/c1-3-24-7-6-17(22-24)20(28)25-9-14-8-23(10-15(25)12-29-11-14)19(27)16-5-4-13(2)21-18(16)26/h4-7,14-15H,3,8-12H2,1-2H3,(H,21,26)/t14-,15-/m0/s1. The minimum atomic E-state index is -0.390. The van der Waals surface area contributed by atoms with E-state index in [1.807, 2.05) is 6.92 Å². The van der Waals surface area contributed by atoms with Crippen LogP contribution >= 0.6 is 0 Å². The number of nitrogens with zero attached hydrogens (tertiary/aromatic N) is 4. The molecule has 4 heterocycles. The van der Waals surface area contributed by atoms with Gasteiger partial charge in [-0.1, -0.05) is 0 Å². The van der Waals surface area contributed by atoms with Gasteiger partial charge in [0.05, 0.1) is 19.3 Å². The average molecular weight is 399 g/mol. The molecule has 2 aromatic heterocycles. The molecule has 29 heavy (non-hydrogen) atoms. The maximum atomic E-state index is 13.1. The lowest BCUT2D eigenvalue weighted by molar-refractivity contribution is 0.0378. The molecule has 2 aliphatic rings. The fourth-order valence-electron chi connectivity index (χ4n) is 3.97. The first-order valence-corrected chi connectivity index (χ1v) is 9.87. The minimum Gasteiger partial charge on any atom is -0.379 e. The molecular formula is C20H25N5O4. The molecule has 154 valence electrons. The van der Waals surface area contributed by atoms with Gasteiger partial charge < -0.3 is 19.5 Å². The molecule has 2 aliphatic heterocycles. The average Bonchev–Trinajstić information content (AvgIpc) is 2.98. The lowest BCUT2D eigenvalue weighted by Gasteiger charge is -2.30. The quantitative estimate of drug-likeness (QED) is 0.811. The summed E-state index contributed by atoms with van der Waals surface area (Å²) in [5.74, 6) is -0.485. The number of carbonyl (C=O) groups is 2. The van der Waals surface area contributed by atoms with Gasteiger partial charge in [-0.25, -0.2) is 0 Å². The molecule has 0 aromatic carbocycles. The van der Waals surface area contributed by atoms with Gasteiger partial charge in [-0.2, -0.15) is 5.10 Å². The first-order valence-electron chi connectivity index (χ1n) is 9.87. The van der Waals surface area contributed by atoms with Crippen LogP contribution in [-0.4, -0.2) is 75.3 Å². The molecule has 9 heteroatoms. The number of pyridine rings is 1. The number of ether oxygens (including phenoxy) is 1. The number of amides is 2. The van der Waals surface area contributed by atoms with E-state index in [1.165, 1.54) is 0 Å². The Hall–Kier alpha value is -2.94. The van der Waals surface area contributed by atoms with Gasteiger partial charge in [0.15, 0.2) is 0 Å². The minimum absolute atomic E-state index is 0.0202. The van der Waals surface area contributed by atoms with Crippen molar-refractivity contribution in [3.63, 3.8) is 0 Å². The highest BCUT2D eigenvalue weighted by molar-refractivity contribution is 5.94. The molecular weight excluding hydrogens is 374 g/mol. The fourth-order valence-corrected chi connectivity index (χ4v) is 3.97. The fraction of sp³-hybridized carbons (Fsp3) is 0.500. The summed E-state index contributed by atoms with van der Waals surface area (Å²) in [4.78, 5) is 44.5. The van der Waals surface area contributed by atoms with Crippen molar-refractivity contribution in [3.8, 4) is 0 Å². The monoisotopic (exact) mass is 399 g/mol. The van der Waals surface area contributed by atoms with Gasteiger partial charge >= 0.3 is 0 Å². The summed E-state index contributed by atoms with van der Waals surface area (Å²) in [5, 5.41) is 4.33. The lowest BCUT2D eigenvalue weighted by atomic mass is 10.1. The molecule has 2 bridgehead atoms. The van der Waals surface area contributed by atoms with Gasteiger partial charge in [-0.3, -0.25) is 19.1 Å². The molecule has 0 aliphatic carbocycles. The van der Waals surface area contributed by atoms with Gasteiger partial charge in [0.25, 0.3) is 17.4 Å². The summed E-state index contributed by atoms with van der Waals surface area (Å²) in [5.41, 5.74) is 0.831. The van der Waals surface area contributed by atoms with Crippen LogP contribution < -0.4 is 5.56 Å². The number of aryl methyl sites for hydroxylation is 2. The van der Waals surface area contributed by atoms with Crippen LogP contribution in [0, 0.1) is 12.8 Å². The van der Waals surface area contributed by atoms with Gasteiger partial charge in [0, 0.05) is 44.0 Å². The number of fused-ring (bicyclic) bond motifs is 3. The van der Waals surface area contributed by atoms with Crippen molar-refractivity contribution in [2.24, 2.45) is 5.92 Å². The molecule has 0 saturated carbocycles. The number of hydrogen-bond donors (Lipinski definition) is 1. The number of nitrogens with one attached hydrogen (secondary N) is 1. The Bertz CT molecular complexity index is 981. The van der Waals surface area contributed by atoms with Crippen LogP contribution in [0.1, 0.15) is 33.5 Å².